The van der Waals surface area contributed by atoms with Crippen molar-refractivity contribution in [1.29, 1.82) is 0 Å². The molecule has 1 aromatic carbocycles. The number of carbonyl (C=O) groups is 1. The highest BCUT2D eigenvalue weighted by atomic mass is 16.3. The normalized spacial score (nSPS) is 15.6. The number of aryl methyl sites for hydroxylation is 1. The van der Waals surface area contributed by atoms with Crippen LogP contribution in [0.1, 0.15) is 31.9 Å². The molecule has 0 radical (unpaired) electrons. The van der Waals surface area contributed by atoms with Crippen molar-refractivity contribution in [1.82, 2.24) is 4.90 Å². The molecule has 1 fully saturated rings. The number of carbonyl (C=O) groups excluding carboxylic acids is 1. The SMILES string of the molecule is CC(=O)/C(=N/Nc1ccc2c(=O)cc(C)oc2c1)N1CCCCC1. The minimum atomic E-state index is -0.0680. The first-order valence-corrected chi connectivity index (χ1v) is 8.19. The second-order valence-electron chi connectivity index (χ2n) is 6.08. The Balaban J connectivity index is 1.87. The van der Waals surface area contributed by atoms with Crippen LogP contribution in [0.15, 0.2) is 38.6 Å². The molecule has 3 rings (SSSR count). The fraction of sp³-hybridized carbons (Fsp3) is 0.389. The minimum Gasteiger partial charge on any atom is -0.461 e. The molecule has 1 aromatic heterocycles. The van der Waals surface area contributed by atoms with Gasteiger partial charge in [0.15, 0.2) is 17.0 Å². The standard InChI is InChI=1S/C18H21N3O3/c1-12-10-16(23)15-7-6-14(11-17(15)24-12)19-20-18(13(2)22)21-8-4-3-5-9-21/h6-7,10-11,19H,3-5,8-9H2,1-2H3/b20-18-. The van der Waals surface area contributed by atoms with E-state index in [1.807, 2.05) is 4.90 Å². The number of Topliss-reactive ketones (excluding diaryl/α,β-unsaturated/α-hetero) is 1. The summed E-state index contributed by atoms with van der Waals surface area (Å²) in [4.78, 5) is 25.8. The Morgan fingerprint density at radius 3 is 2.67 bits per heavy atom. The zero-order valence-electron chi connectivity index (χ0n) is 14.0. The Morgan fingerprint density at radius 2 is 1.96 bits per heavy atom. The van der Waals surface area contributed by atoms with Crippen molar-refractivity contribution in [3.8, 4) is 0 Å². The topological polar surface area (TPSA) is 74.9 Å². The molecule has 1 saturated heterocycles. The summed E-state index contributed by atoms with van der Waals surface area (Å²) in [6.07, 6.45) is 3.34. The molecular weight excluding hydrogens is 306 g/mol. The maximum absolute atomic E-state index is 11.9. The largest absolute Gasteiger partial charge is 0.461 e. The molecule has 1 aliphatic rings. The predicted molar refractivity (Wildman–Crippen MR) is 94.4 cm³/mol. The number of likely N-dealkylation sites (tertiary alicyclic amines) is 1. The summed E-state index contributed by atoms with van der Waals surface area (Å²) >= 11 is 0. The summed E-state index contributed by atoms with van der Waals surface area (Å²) in [5, 5.41) is 4.82. The van der Waals surface area contributed by atoms with Gasteiger partial charge in [-0.3, -0.25) is 15.0 Å². The van der Waals surface area contributed by atoms with Gasteiger partial charge in [0.2, 0.25) is 0 Å². The second-order valence-corrected chi connectivity index (χ2v) is 6.08. The zero-order chi connectivity index (χ0) is 17.1. The lowest BCUT2D eigenvalue weighted by atomic mass is 10.1. The molecule has 0 atom stereocenters. The number of hydrogen-bond donors (Lipinski definition) is 1. The Labute approximate surface area is 140 Å². The molecule has 6 heteroatoms. The molecule has 0 amide bonds. The molecule has 2 heterocycles. The van der Waals surface area contributed by atoms with E-state index < -0.39 is 0 Å². The molecule has 0 unspecified atom stereocenters. The first-order valence-electron chi connectivity index (χ1n) is 8.19. The van der Waals surface area contributed by atoms with Gasteiger partial charge in [-0.15, -0.1) is 0 Å². The van der Waals surface area contributed by atoms with Crippen molar-refractivity contribution in [2.75, 3.05) is 18.5 Å². The third-order valence-electron chi connectivity index (χ3n) is 4.11. The van der Waals surface area contributed by atoms with Gasteiger partial charge < -0.3 is 9.32 Å². The first-order chi connectivity index (χ1) is 11.5. The minimum absolute atomic E-state index is 0.0624. The highest BCUT2D eigenvalue weighted by molar-refractivity contribution is 6.37. The summed E-state index contributed by atoms with van der Waals surface area (Å²) in [5.41, 5.74) is 4.03. The Morgan fingerprint density at radius 1 is 1.21 bits per heavy atom. The lowest BCUT2D eigenvalue weighted by molar-refractivity contribution is -0.111. The number of anilines is 1. The number of nitrogens with one attached hydrogen (secondary N) is 1. The summed E-state index contributed by atoms with van der Waals surface area (Å²) in [6, 6.07) is 6.65. The number of fused-ring (bicyclic) bond motifs is 1. The van der Waals surface area contributed by atoms with E-state index in [0.717, 1.165) is 25.9 Å². The number of rotatable bonds is 3. The van der Waals surface area contributed by atoms with E-state index in [-0.39, 0.29) is 11.2 Å². The van der Waals surface area contributed by atoms with Crippen LogP contribution in [-0.4, -0.2) is 29.6 Å². The van der Waals surface area contributed by atoms with Gasteiger partial charge in [-0.2, -0.15) is 5.10 Å². The monoisotopic (exact) mass is 327 g/mol. The van der Waals surface area contributed by atoms with Gasteiger partial charge in [0.05, 0.1) is 11.1 Å². The van der Waals surface area contributed by atoms with Gasteiger partial charge in [-0.05, 0) is 38.3 Å². The molecule has 0 aliphatic carbocycles. The van der Waals surface area contributed by atoms with Crippen molar-refractivity contribution in [2.24, 2.45) is 5.10 Å². The summed E-state index contributed by atoms with van der Waals surface area (Å²) in [5.74, 6) is 0.943. The van der Waals surface area contributed by atoms with Crippen LogP contribution in [0.5, 0.6) is 0 Å². The number of benzene rings is 1. The molecule has 2 aromatic rings. The maximum atomic E-state index is 11.9. The van der Waals surface area contributed by atoms with E-state index in [1.165, 1.54) is 19.4 Å². The molecule has 24 heavy (non-hydrogen) atoms. The Hall–Kier alpha value is -2.63. The average Bonchev–Trinajstić information content (AvgIpc) is 2.55. The molecule has 1 aliphatic heterocycles. The van der Waals surface area contributed by atoms with Crippen LogP contribution >= 0.6 is 0 Å². The van der Waals surface area contributed by atoms with E-state index in [2.05, 4.69) is 10.5 Å². The number of piperidine rings is 1. The van der Waals surface area contributed by atoms with Crippen LogP contribution in [0.3, 0.4) is 0 Å². The number of ketones is 1. The molecule has 1 N–H and O–H groups in total. The molecule has 126 valence electrons. The van der Waals surface area contributed by atoms with E-state index in [4.69, 9.17) is 4.42 Å². The predicted octanol–water partition coefficient (Wildman–Crippen LogP) is 2.90. The summed E-state index contributed by atoms with van der Waals surface area (Å²) in [6.45, 7) is 4.97. The Bertz CT molecular complexity index is 848. The van der Waals surface area contributed by atoms with Crippen LogP contribution in [-0.2, 0) is 4.79 Å². The molecule has 0 spiro atoms. The third-order valence-corrected chi connectivity index (χ3v) is 4.11. The van der Waals surface area contributed by atoms with Gasteiger partial charge in [0, 0.05) is 32.1 Å². The molecular formula is C18H21N3O3. The lowest BCUT2D eigenvalue weighted by Gasteiger charge is -2.28. The van der Waals surface area contributed by atoms with Crippen molar-refractivity contribution in [3.63, 3.8) is 0 Å². The van der Waals surface area contributed by atoms with Crippen molar-refractivity contribution in [3.05, 3.63) is 40.2 Å². The van der Waals surface area contributed by atoms with E-state index in [9.17, 15) is 9.59 Å². The van der Waals surface area contributed by atoms with Gasteiger partial charge in [0.25, 0.3) is 0 Å². The fourth-order valence-corrected chi connectivity index (χ4v) is 2.94. The average molecular weight is 327 g/mol. The highest BCUT2D eigenvalue weighted by Gasteiger charge is 2.18. The Kier molecular flexibility index (Phi) is 4.64. The van der Waals surface area contributed by atoms with E-state index >= 15 is 0 Å². The van der Waals surface area contributed by atoms with Crippen LogP contribution in [0, 0.1) is 6.92 Å². The fourth-order valence-electron chi connectivity index (χ4n) is 2.94. The smallest absolute Gasteiger partial charge is 0.196 e. The lowest BCUT2D eigenvalue weighted by Crippen LogP contribution is -2.39. The van der Waals surface area contributed by atoms with Crippen molar-refractivity contribution < 1.29 is 9.21 Å². The van der Waals surface area contributed by atoms with Crippen molar-refractivity contribution >= 4 is 28.3 Å². The van der Waals surface area contributed by atoms with E-state index in [1.54, 1.807) is 25.1 Å². The maximum Gasteiger partial charge on any atom is 0.196 e. The molecule has 0 saturated carbocycles. The number of nitrogens with zero attached hydrogens (tertiary/aromatic N) is 2. The summed E-state index contributed by atoms with van der Waals surface area (Å²) < 4.78 is 5.59. The second kappa shape index (κ2) is 6.86. The number of amidine groups is 1. The van der Waals surface area contributed by atoms with Crippen LogP contribution in [0.2, 0.25) is 0 Å². The third kappa shape index (κ3) is 3.48. The quantitative estimate of drug-likeness (QED) is 0.533. The number of hydrazone groups is 1. The van der Waals surface area contributed by atoms with Crippen LogP contribution in [0.25, 0.3) is 11.0 Å². The molecule has 6 nitrogen and oxygen atoms in total. The van der Waals surface area contributed by atoms with E-state index in [0.29, 0.717) is 28.3 Å². The first kappa shape index (κ1) is 16.2. The molecule has 0 bridgehead atoms. The van der Waals surface area contributed by atoms with Crippen LogP contribution in [0.4, 0.5) is 5.69 Å². The van der Waals surface area contributed by atoms with Crippen molar-refractivity contribution in [2.45, 2.75) is 33.1 Å². The van der Waals surface area contributed by atoms with Gasteiger partial charge in [-0.25, -0.2) is 0 Å². The van der Waals surface area contributed by atoms with Gasteiger partial charge in [0.1, 0.15) is 11.3 Å². The highest BCUT2D eigenvalue weighted by Crippen LogP contribution is 2.18. The van der Waals surface area contributed by atoms with Crippen LogP contribution < -0.4 is 10.9 Å². The van der Waals surface area contributed by atoms with Gasteiger partial charge >= 0.3 is 0 Å². The van der Waals surface area contributed by atoms with Gasteiger partial charge in [-0.1, -0.05) is 0 Å². The number of hydrogen-bond acceptors (Lipinski definition) is 5. The summed E-state index contributed by atoms with van der Waals surface area (Å²) in [7, 11) is 0. The zero-order valence-corrected chi connectivity index (χ0v) is 14.0.